The maximum absolute atomic E-state index is 5.19. The summed E-state index contributed by atoms with van der Waals surface area (Å²) >= 11 is 0. The molecule has 3 rings (SSSR count). The Kier molecular flexibility index (Phi) is 3.41. The van der Waals surface area contributed by atoms with Gasteiger partial charge in [-0.3, -0.25) is 4.98 Å². The number of nitrogens with one attached hydrogen (secondary N) is 1. The molecule has 5 nitrogen and oxygen atoms in total. The first-order valence-electron chi connectivity index (χ1n) is 6.33. The molecule has 2 aromatic heterocycles. The van der Waals surface area contributed by atoms with Crippen LogP contribution in [0.2, 0.25) is 0 Å². The largest absolute Gasteiger partial charge is 0.423 e. The fourth-order valence-corrected chi connectivity index (χ4v) is 1.99. The average molecular weight is 266 g/mol. The van der Waals surface area contributed by atoms with Gasteiger partial charge in [-0.2, -0.15) is 0 Å². The van der Waals surface area contributed by atoms with E-state index in [9.17, 15) is 0 Å². The molecule has 5 heteroatoms. The Balaban J connectivity index is 1.75. The molecule has 0 unspecified atom stereocenters. The van der Waals surface area contributed by atoms with Gasteiger partial charge in [-0.1, -0.05) is 0 Å². The van der Waals surface area contributed by atoms with Gasteiger partial charge in [0.1, 0.15) is 0 Å². The highest BCUT2D eigenvalue weighted by atomic mass is 16.4. The van der Waals surface area contributed by atoms with Crippen LogP contribution in [-0.4, -0.2) is 15.2 Å². The van der Waals surface area contributed by atoms with Crippen molar-refractivity contribution in [3.05, 3.63) is 60.2 Å². The van der Waals surface area contributed by atoms with E-state index in [1.165, 1.54) is 12.0 Å². The van der Waals surface area contributed by atoms with Crippen LogP contribution in [0.25, 0.3) is 11.5 Å². The molecule has 1 aromatic carbocycles. The second kappa shape index (κ2) is 5.52. The van der Waals surface area contributed by atoms with Gasteiger partial charge in [0.2, 0.25) is 12.3 Å². The van der Waals surface area contributed by atoms with Crippen molar-refractivity contribution in [3.8, 4) is 11.5 Å². The predicted molar refractivity (Wildman–Crippen MR) is 76.0 cm³/mol. The molecule has 0 atom stereocenters. The minimum Gasteiger partial charge on any atom is -0.423 e. The van der Waals surface area contributed by atoms with Gasteiger partial charge in [-0.15, -0.1) is 10.2 Å². The third-order valence-electron chi connectivity index (χ3n) is 3.07. The van der Waals surface area contributed by atoms with Crippen LogP contribution in [0.5, 0.6) is 0 Å². The van der Waals surface area contributed by atoms with Gasteiger partial charge in [-0.05, 0) is 48.4 Å². The molecule has 0 spiro atoms. The molecule has 0 radical (unpaired) electrons. The fourth-order valence-electron chi connectivity index (χ4n) is 1.99. The van der Waals surface area contributed by atoms with Gasteiger partial charge in [0, 0.05) is 30.2 Å². The summed E-state index contributed by atoms with van der Waals surface area (Å²) < 4.78 is 5.19. The lowest BCUT2D eigenvalue weighted by Gasteiger charge is -2.10. The van der Waals surface area contributed by atoms with Crippen LogP contribution in [0.15, 0.2) is 53.5 Å². The first kappa shape index (κ1) is 12.3. The van der Waals surface area contributed by atoms with Gasteiger partial charge in [0.05, 0.1) is 0 Å². The molecule has 0 aliphatic heterocycles. The summed E-state index contributed by atoms with van der Waals surface area (Å²) in [5, 5.41) is 11.0. The van der Waals surface area contributed by atoms with Crippen LogP contribution in [0, 0.1) is 6.92 Å². The summed E-state index contributed by atoms with van der Waals surface area (Å²) in [5.74, 6) is 0.536. The molecule has 3 aromatic rings. The minimum atomic E-state index is 0.536. The number of anilines is 1. The molecule has 0 aliphatic carbocycles. The van der Waals surface area contributed by atoms with Crippen LogP contribution in [0.4, 0.5) is 5.69 Å². The van der Waals surface area contributed by atoms with Gasteiger partial charge < -0.3 is 9.73 Å². The predicted octanol–water partition coefficient (Wildman–Crippen LogP) is 3.05. The average Bonchev–Trinajstić information content (AvgIpc) is 3.01. The number of aromatic nitrogens is 3. The van der Waals surface area contributed by atoms with Gasteiger partial charge in [-0.25, -0.2) is 0 Å². The highest BCUT2D eigenvalue weighted by Crippen LogP contribution is 2.23. The van der Waals surface area contributed by atoms with E-state index in [0.717, 1.165) is 23.4 Å². The fraction of sp³-hybridized carbons (Fsp3) is 0.133. The molecule has 20 heavy (non-hydrogen) atoms. The van der Waals surface area contributed by atoms with Crippen molar-refractivity contribution in [1.29, 1.82) is 0 Å². The Morgan fingerprint density at radius 1 is 1.15 bits per heavy atom. The van der Waals surface area contributed by atoms with E-state index < -0.39 is 0 Å². The zero-order chi connectivity index (χ0) is 13.8. The molecule has 0 fully saturated rings. The van der Waals surface area contributed by atoms with Gasteiger partial charge in [0.15, 0.2) is 0 Å². The number of pyridine rings is 1. The summed E-state index contributed by atoms with van der Waals surface area (Å²) in [5.41, 5.74) is 4.34. The number of rotatable bonds is 4. The number of aryl methyl sites for hydroxylation is 1. The standard InChI is InChI=1S/C15H14N4O/c1-11-8-13(15-19-18-10-20-15)2-3-14(11)17-9-12-4-6-16-7-5-12/h2-8,10,17H,9H2,1H3. The summed E-state index contributed by atoms with van der Waals surface area (Å²) in [6, 6.07) is 10.0. The summed E-state index contributed by atoms with van der Waals surface area (Å²) in [7, 11) is 0. The first-order valence-corrected chi connectivity index (χ1v) is 6.33. The molecular weight excluding hydrogens is 252 g/mol. The van der Waals surface area contributed by atoms with E-state index >= 15 is 0 Å². The maximum atomic E-state index is 5.19. The van der Waals surface area contributed by atoms with Crippen molar-refractivity contribution < 1.29 is 4.42 Å². The maximum Gasteiger partial charge on any atom is 0.247 e. The lowest BCUT2D eigenvalue weighted by molar-refractivity contribution is 0.568. The van der Waals surface area contributed by atoms with Crippen molar-refractivity contribution >= 4 is 5.69 Å². The van der Waals surface area contributed by atoms with Crippen molar-refractivity contribution in [2.45, 2.75) is 13.5 Å². The highest BCUT2D eigenvalue weighted by Gasteiger charge is 2.06. The second-order valence-corrected chi connectivity index (χ2v) is 4.48. The number of benzene rings is 1. The Bertz CT molecular complexity index is 680. The molecule has 2 heterocycles. The van der Waals surface area contributed by atoms with E-state index in [2.05, 4.69) is 27.4 Å². The lowest BCUT2D eigenvalue weighted by atomic mass is 10.1. The topological polar surface area (TPSA) is 63.8 Å². The third-order valence-corrected chi connectivity index (χ3v) is 3.07. The lowest BCUT2D eigenvalue weighted by Crippen LogP contribution is -2.01. The van der Waals surface area contributed by atoms with Crippen molar-refractivity contribution in [2.75, 3.05) is 5.32 Å². The van der Waals surface area contributed by atoms with Gasteiger partial charge in [0.25, 0.3) is 0 Å². The molecule has 0 aliphatic rings. The Morgan fingerprint density at radius 3 is 2.70 bits per heavy atom. The molecule has 0 saturated carbocycles. The number of hydrogen-bond donors (Lipinski definition) is 1. The minimum absolute atomic E-state index is 0.536. The number of nitrogens with zero attached hydrogens (tertiary/aromatic N) is 3. The van der Waals surface area contributed by atoms with E-state index in [4.69, 9.17) is 4.42 Å². The van der Waals surface area contributed by atoms with Crippen molar-refractivity contribution in [3.63, 3.8) is 0 Å². The quantitative estimate of drug-likeness (QED) is 0.786. The van der Waals surface area contributed by atoms with E-state index in [0.29, 0.717) is 5.89 Å². The van der Waals surface area contributed by atoms with E-state index in [1.807, 2.05) is 30.3 Å². The van der Waals surface area contributed by atoms with Crippen LogP contribution < -0.4 is 5.32 Å². The van der Waals surface area contributed by atoms with Crippen LogP contribution in [-0.2, 0) is 6.54 Å². The first-order chi connectivity index (χ1) is 9.83. The summed E-state index contributed by atoms with van der Waals surface area (Å²) in [6.45, 7) is 2.82. The number of hydrogen-bond acceptors (Lipinski definition) is 5. The summed E-state index contributed by atoms with van der Waals surface area (Å²) in [4.78, 5) is 4.01. The highest BCUT2D eigenvalue weighted by molar-refractivity contribution is 5.62. The summed E-state index contributed by atoms with van der Waals surface area (Å²) in [6.07, 6.45) is 4.92. The molecule has 0 bridgehead atoms. The molecule has 100 valence electrons. The third kappa shape index (κ3) is 2.66. The van der Waals surface area contributed by atoms with Crippen molar-refractivity contribution in [2.24, 2.45) is 0 Å². The van der Waals surface area contributed by atoms with Gasteiger partial charge >= 0.3 is 0 Å². The van der Waals surface area contributed by atoms with E-state index in [-0.39, 0.29) is 0 Å². The Morgan fingerprint density at radius 2 is 2.00 bits per heavy atom. The SMILES string of the molecule is Cc1cc(-c2nnco2)ccc1NCc1ccncc1. The zero-order valence-corrected chi connectivity index (χ0v) is 11.1. The van der Waals surface area contributed by atoms with Crippen molar-refractivity contribution in [1.82, 2.24) is 15.2 Å². The molecular formula is C15H14N4O. The van der Waals surface area contributed by atoms with Crippen LogP contribution in [0.1, 0.15) is 11.1 Å². The van der Waals surface area contributed by atoms with Crippen LogP contribution in [0.3, 0.4) is 0 Å². The monoisotopic (exact) mass is 266 g/mol. The molecule has 0 saturated heterocycles. The van der Waals surface area contributed by atoms with E-state index in [1.54, 1.807) is 12.4 Å². The zero-order valence-electron chi connectivity index (χ0n) is 11.1. The Labute approximate surface area is 116 Å². The smallest absolute Gasteiger partial charge is 0.247 e. The molecule has 0 amide bonds. The molecule has 1 N–H and O–H groups in total. The van der Waals surface area contributed by atoms with Crippen LogP contribution >= 0.6 is 0 Å². The normalized spacial score (nSPS) is 10.4. The second-order valence-electron chi connectivity index (χ2n) is 4.48. The Hall–Kier alpha value is -2.69.